The van der Waals surface area contributed by atoms with Gasteiger partial charge in [-0.3, -0.25) is 9.59 Å². The normalized spacial score (nSPS) is 20.0. The molecule has 10 heteroatoms. The van der Waals surface area contributed by atoms with Crippen molar-refractivity contribution in [2.24, 2.45) is 0 Å². The number of carbonyl (C=O) groups excluding carboxylic acids is 2. The molecule has 1 aliphatic heterocycles. The lowest BCUT2D eigenvalue weighted by atomic mass is 9.99. The van der Waals surface area contributed by atoms with Gasteiger partial charge < -0.3 is 39.4 Å². The average Bonchev–Trinajstić information content (AvgIpc) is 3.22. The molecular formula is C48H92O10. The van der Waals surface area contributed by atoms with Crippen LogP contribution in [0.2, 0.25) is 0 Å². The molecule has 0 aromatic heterocycles. The first kappa shape index (κ1) is 54.7. The van der Waals surface area contributed by atoms with E-state index in [0.717, 1.165) is 38.5 Å². The molecule has 6 atom stereocenters. The van der Waals surface area contributed by atoms with E-state index in [1.807, 2.05) is 0 Å². The van der Waals surface area contributed by atoms with Crippen molar-refractivity contribution in [3.8, 4) is 0 Å². The lowest BCUT2D eigenvalue weighted by Gasteiger charge is -2.39. The van der Waals surface area contributed by atoms with E-state index in [1.54, 1.807) is 0 Å². The summed E-state index contributed by atoms with van der Waals surface area (Å²) in [6, 6.07) is 0. The number of aliphatic hydroxyl groups excluding tert-OH is 4. The van der Waals surface area contributed by atoms with Crippen LogP contribution in [0.25, 0.3) is 0 Å². The van der Waals surface area contributed by atoms with Gasteiger partial charge in [-0.25, -0.2) is 0 Å². The molecule has 0 radical (unpaired) electrons. The van der Waals surface area contributed by atoms with Crippen LogP contribution in [0.4, 0.5) is 0 Å². The summed E-state index contributed by atoms with van der Waals surface area (Å²) in [5.74, 6) is -0.788. The first-order valence-corrected chi connectivity index (χ1v) is 24.6. The van der Waals surface area contributed by atoms with Gasteiger partial charge in [0.25, 0.3) is 0 Å². The maximum atomic E-state index is 12.8. The lowest BCUT2D eigenvalue weighted by Crippen LogP contribution is -2.59. The number of aliphatic hydroxyl groups is 4. The van der Waals surface area contributed by atoms with Crippen LogP contribution in [0.3, 0.4) is 0 Å². The lowest BCUT2D eigenvalue weighted by molar-refractivity contribution is -0.305. The highest BCUT2D eigenvalue weighted by molar-refractivity contribution is 5.70. The van der Waals surface area contributed by atoms with Crippen molar-refractivity contribution in [1.82, 2.24) is 0 Å². The minimum atomic E-state index is -1.59. The van der Waals surface area contributed by atoms with Gasteiger partial charge in [0, 0.05) is 12.8 Å². The first-order chi connectivity index (χ1) is 28.3. The third kappa shape index (κ3) is 30.7. The van der Waals surface area contributed by atoms with Crippen LogP contribution in [0, 0.1) is 0 Å². The maximum absolute atomic E-state index is 12.8. The molecule has 1 aliphatic rings. The van der Waals surface area contributed by atoms with E-state index in [4.69, 9.17) is 18.9 Å². The Kier molecular flexibility index (Phi) is 37.6. The predicted octanol–water partition coefficient (Wildman–Crippen LogP) is 11.0. The molecule has 1 rings (SSSR count). The molecule has 1 fully saturated rings. The summed E-state index contributed by atoms with van der Waals surface area (Å²) in [7, 11) is 0. The van der Waals surface area contributed by atoms with Crippen LogP contribution in [0.5, 0.6) is 0 Å². The Labute approximate surface area is 355 Å². The van der Waals surface area contributed by atoms with Crippen LogP contribution in [0.1, 0.15) is 239 Å². The molecule has 0 saturated carbocycles. The van der Waals surface area contributed by atoms with Gasteiger partial charge >= 0.3 is 11.9 Å². The summed E-state index contributed by atoms with van der Waals surface area (Å²) in [6.45, 7) is 3.47. The van der Waals surface area contributed by atoms with Gasteiger partial charge in [-0.2, -0.15) is 0 Å². The molecule has 1 saturated heterocycles. The predicted molar refractivity (Wildman–Crippen MR) is 234 cm³/mol. The standard InChI is InChI=1S/C48H92O10/c1-3-5-7-9-11-13-15-17-19-20-21-23-25-27-29-31-33-35-37-44(51)57-41(40-56-48-47(54)46(53)45(52)42(38-49)58-48)39-55-43(50)36-34-32-30-28-26-24-22-18-16-14-12-10-8-6-4-2/h41-42,45-49,52-54H,3-40H2,1-2H3. The van der Waals surface area contributed by atoms with Crippen LogP contribution >= 0.6 is 0 Å². The number of unbranched alkanes of at least 4 members (excludes halogenated alkanes) is 31. The van der Waals surface area contributed by atoms with Crippen LogP contribution in [0.15, 0.2) is 0 Å². The fourth-order valence-electron chi connectivity index (χ4n) is 7.84. The van der Waals surface area contributed by atoms with Crippen LogP contribution < -0.4 is 0 Å². The second-order valence-electron chi connectivity index (χ2n) is 17.3. The number of carbonyl (C=O) groups is 2. The molecule has 0 spiro atoms. The van der Waals surface area contributed by atoms with Crippen LogP contribution in [-0.2, 0) is 28.5 Å². The highest BCUT2D eigenvalue weighted by atomic mass is 16.7. The van der Waals surface area contributed by atoms with Gasteiger partial charge in [0.15, 0.2) is 12.4 Å². The third-order valence-corrected chi connectivity index (χ3v) is 11.7. The fourth-order valence-corrected chi connectivity index (χ4v) is 7.84. The number of hydrogen-bond donors (Lipinski definition) is 4. The largest absolute Gasteiger partial charge is 0.462 e. The van der Waals surface area contributed by atoms with Crippen molar-refractivity contribution in [1.29, 1.82) is 0 Å². The van der Waals surface area contributed by atoms with E-state index in [0.29, 0.717) is 6.42 Å². The molecule has 0 aromatic carbocycles. The van der Waals surface area contributed by atoms with Gasteiger partial charge in [-0.1, -0.05) is 213 Å². The molecule has 0 aromatic rings. The molecule has 0 bridgehead atoms. The van der Waals surface area contributed by atoms with Gasteiger partial charge in [0.1, 0.15) is 31.0 Å². The monoisotopic (exact) mass is 829 g/mol. The van der Waals surface area contributed by atoms with Crippen molar-refractivity contribution in [2.45, 2.75) is 275 Å². The summed E-state index contributed by atoms with van der Waals surface area (Å²) in [5, 5.41) is 40.1. The summed E-state index contributed by atoms with van der Waals surface area (Å²) in [4.78, 5) is 25.4. The number of hydrogen-bond acceptors (Lipinski definition) is 10. The molecule has 10 nitrogen and oxygen atoms in total. The zero-order chi connectivity index (χ0) is 42.3. The molecule has 4 N–H and O–H groups in total. The topological polar surface area (TPSA) is 152 Å². The van der Waals surface area contributed by atoms with Crippen molar-refractivity contribution >= 4 is 11.9 Å². The molecule has 6 unspecified atom stereocenters. The van der Waals surface area contributed by atoms with Crippen molar-refractivity contribution in [3.05, 3.63) is 0 Å². The minimum Gasteiger partial charge on any atom is -0.462 e. The van der Waals surface area contributed by atoms with Crippen LogP contribution in [-0.4, -0.2) is 89.0 Å². The highest BCUT2D eigenvalue weighted by Crippen LogP contribution is 2.23. The molecular weight excluding hydrogens is 737 g/mol. The Morgan fingerprint density at radius 1 is 0.466 bits per heavy atom. The van der Waals surface area contributed by atoms with E-state index in [-0.39, 0.29) is 32.0 Å². The Hall–Kier alpha value is -1.30. The Morgan fingerprint density at radius 3 is 1.17 bits per heavy atom. The van der Waals surface area contributed by atoms with Gasteiger partial charge in [-0.05, 0) is 12.8 Å². The zero-order valence-electron chi connectivity index (χ0n) is 37.6. The molecule has 1 heterocycles. The number of esters is 2. The van der Waals surface area contributed by atoms with Gasteiger partial charge in [0.2, 0.25) is 0 Å². The van der Waals surface area contributed by atoms with E-state index < -0.39 is 49.4 Å². The quantitative estimate of drug-likeness (QED) is 0.0346. The van der Waals surface area contributed by atoms with E-state index in [9.17, 15) is 30.0 Å². The number of rotatable bonds is 42. The SMILES string of the molecule is CCCCCCCCCCCCCCCCCCCCC(=O)OC(COC(=O)CCCCCCCCCCCCCCCCC)COC1OC(CO)C(O)C(O)C1O. The molecule has 0 aliphatic carbocycles. The van der Waals surface area contributed by atoms with Crippen molar-refractivity contribution in [3.63, 3.8) is 0 Å². The smallest absolute Gasteiger partial charge is 0.306 e. The summed E-state index contributed by atoms with van der Waals surface area (Å²) in [5.41, 5.74) is 0. The Bertz CT molecular complexity index is 917. The molecule has 58 heavy (non-hydrogen) atoms. The third-order valence-electron chi connectivity index (χ3n) is 11.7. The minimum absolute atomic E-state index is 0.208. The fraction of sp³-hybridized carbons (Fsp3) is 0.958. The summed E-state index contributed by atoms with van der Waals surface area (Å²) < 4.78 is 22.2. The zero-order valence-corrected chi connectivity index (χ0v) is 37.6. The summed E-state index contributed by atoms with van der Waals surface area (Å²) in [6.07, 6.45) is 33.9. The summed E-state index contributed by atoms with van der Waals surface area (Å²) >= 11 is 0. The van der Waals surface area contributed by atoms with E-state index in [1.165, 1.54) is 167 Å². The second kappa shape index (κ2) is 39.8. The van der Waals surface area contributed by atoms with Crippen molar-refractivity contribution < 1.29 is 49.0 Å². The first-order valence-electron chi connectivity index (χ1n) is 24.6. The van der Waals surface area contributed by atoms with Crippen molar-refractivity contribution in [2.75, 3.05) is 19.8 Å². The van der Waals surface area contributed by atoms with E-state index >= 15 is 0 Å². The Balaban J connectivity index is 2.26. The Morgan fingerprint density at radius 2 is 0.810 bits per heavy atom. The highest BCUT2D eigenvalue weighted by Gasteiger charge is 2.44. The van der Waals surface area contributed by atoms with E-state index in [2.05, 4.69) is 13.8 Å². The number of ether oxygens (including phenoxy) is 4. The van der Waals surface area contributed by atoms with Gasteiger partial charge in [0.05, 0.1) is 13.2 Å². The van der Waals surface area contributed by atoms with Gasteiger partial charge in [-0.15, -0.1) is 0 Å². The molecule has 0 amide bonds. The molecule has 344 valence electrons. The second-order valence-corrected chi connectivity index (χ2v) is 17.3. The average molecular weight is 829 g/mol. The maximum Gasteiger partial charge on any atom is 0.306 e.